The third kappa shape index (κ3) is 5.12. The average Bonchev–Trinajstić information content (AvgIpc) is 2.74. The van der Waals surface area contributed by atoms with Gasteiger partial charge in [0.2, 0.25) is 6.79 Å². The predicted octanol–water partition coefficient (Wildman–Crippen LogP) is 2.20. The maximum absolute atomic E-state index is 12.0. The second kappa shape index (κ2) is 7.07. The quantitative estimate of drug-likeness (QED) is 0.572. The van der Waals surface area contributed by atoms with E-state index in [9.17, 15) is 9.59 Å². The molecule has 5 heteroatoms. The van der Waals surface area contributed by atoms with Gasteiger partial charge in [-0.2, -0.15) is 0 Å². The van der Waals surface area contributed by atoms with Crippen LogP contribution in [-0.2, 0) is 19.1 Å². The highest BCUT2D eigenvalue weighted by Crippen LogP contribution is 2.20. The van der Waals surface area contributed by atoms with E-state index in [1.165, 1.54) is 0 Å². The molecule has 1 fully saturated rings. The van der Waals surface area contributed by atoms with Crippen molar-refractivity contribution in [1.29, 1.82) is 0 Å². The minimum atomic E-state index is -0.580. The summed E-state index contributed by atoms with van der Waals surface area (Å²) in [6.45, 7) is 11.1. The summed E-state index contributed by atoms with van der Waals surface area (Å²) in [4.78, 5) is 25.7. The van der Waals surface area contributed by atoms with Gasteiger partial charge in [0.1, 0.15) is 6.04 Å². The van der Waals surface area contributed by atoms with Crippen LogP contribution in [0.4, 0.5) is 0 Å². The standard InChI is InChI=1S/C15H27NO4/c1-11(2)9-16-8-6-7-12(16)13(17)19-10-20-14(18)15(3,4)5/h11-12H,6-10H2,1-5H3/t12-/m1/s1. The van der Waals surface area contributed by atoms with E-state index in [1.54, 1.807) is 20.8 Å². The molecule has 116 valence electrons. The number of rotatable bonds is 5. The minimum Gasteiger partial charge on any atom is -0.427 e. The third-order valence-corrected chi connectivity index (χ3v) is 3.24. The van der Waals surface area contributed by atoms with Gasteiger partial charge in [0, 0.05) is 6.54 Å². The van der Waals surface area contributed by atoms with Crippen LogP contribution in [0.15, 0.2) is 0 Å². The van der Waals surface area contributed by atoms with Gasteiger partial charge in [-0.3, -0.25) is 14.5 Å². The van der Waals surface area contributed by atoms with Crippen molar-refractivity contribution in [3.63, 3.8) is 0 Å². The monoisotopic (exact) mass is 285 g/mol. The molecule has 1 heterocycles. The Hall–Kier alpha value is -1.10. The van der Waals surface area contributed by atoms with Crippen LogP contribution in [0.3, 0.4) is 0 Å². The molecule has 0 aromatic rings. The molecule has 0 radical (unpaired) electrons. The highest BCUT2D eigenvalue weighted by molar-refractivity contribution is 5.77. The second-order valence-electron chi connectivity index (χ2n) is 6.81. The van der Waals surface area contributed by atoms with Crippen LogP contribution < -0.4 is 0 Å². The van der Waals surface area contributed by atoms with Gasteiger partial charge < -0.3 is 9.47 Å². The Kier molecular flexibility index (Phi) is 5.99. The van der Waals surface area contributed by atoms with E-state index < -0.39 is 5.41 Å². The van der Waals surface area contributed by atoms with E-state index in [4.69, 9.17) is 9.47 Å². The highest BCUT2D eigenvalue weighted by atomic mass is 16.7. The van der Waals surface area contributed by atoms with Gasteiger partial charge in [0.15, 0.2) is 0 Å². The molecule has 1 atom stereocenters. The molecule has 0 aromatic heterocycles. The number of hydrogen-bond donors (Lipinski definition) is 0. The summed E-state index contributed by atoms with van der Waals surface area (Å²) in [6.07, 6.45) is 1.83. The Bertz CT molecular complexity index is 346. The first-order valence-corrected chi connectivity index (χ1v) is 7.29. The number of esters is 2. The Morgan fingerprint density at radius 2 is 1.90 bits per heavy atom. The lowest BCUT2D eigenvalue weighted by molar-refractivity contribution is -0.175. The smallest absolute Gasteiger partial charge is 0.326 e. The molecule has 0 aliphatic carbocycles. The molecule has 0 aromatic carbocycles. The summed E-state index contributed by atoms with van der Waals surface area (Å²) in [5.41, 5.74) is -0.580. The Morgan fingerprint density at radius 3 is 2.45 bits per heavy atom. The first-order chi connectivity index (χ1) is 9.21. The van der Waals surface area contributed by atoms with E-state index in [-0.39, 0.29) is 24.8 Å². The lowest BCUT2D eigenvalue weighted by atomic mass is 9.98. The van der Waals surface area contributed by atoms with Crippen LogP contribution >= 0.6 is 0 Å². The summed E-state index contributed by atoms with van der Waals surface area (Å²) >= 11 is 0. The van der Waals surface area contributed by atoms with Crippen LogP contribution in [0.25, 0.3) is 0 Å². The maximum atomic E-state index is 12.0. The van der Waals surface area contributed by atoms with Crippen LogP contribution in [-0.4, -0.2) is 42.8 Å². The van der Waals surface area contributed by atoms with Crippen molar-refractivity contribution >= 4 is 11.9 Å². The molecular formula is C15H27NO4. The lowest BCUT2D eigenvalue weighted by Gasteiger charge is -2.24. The minimum absolute atomic E-state index is 0.189. The third-order valence-electron chi connectivity index (χ3n) is 3.24. The van der Waals surface area contributed by atoms with Crippen molar-refractivity contribution in [3.05, 3.63) is 0 Å². The zero-order chi connectivity index (χ0) is 15.3. The number of hydrogen-bond acceptors (Lipinski definition) is 5. The molecule has 1 saturated heterocycles. The van der Waals surface area contributed by atoms with E-state index >= 15 is 0 Å². The summed E-state index contributed by atoms with van der Waals surface area (Å²) in [7, 11) is 0. The molecule has 0 unspecified atom stereocenters. The first kappa shape index (κ1) is 17.0. The Balaban J connectivity index is 2.37. The molecule has 5 nitrogen and oxygen atoms in total. The van der Waals surface area contributed by atoms with Crippen molar-refractivity contribution in [1.82, 2.24) is 4.90 Å². The van der Waals surface area contributed by atoms with Gasteiger partial charge in [0.25, 0.3) is 0 Å². The predicted molar refractivity (Wildman–Crippen MR) is 75.9 cm³/mol. The summed E-state index contributed by atoms with van der Waals surface area (Å²) in [5.74, 6) is -0.136. The molecule has 0 N–H and O–H groups in total. The van der Waals surface area contributed by atoms with E-state index in [2.05, 4.69) is 18.7 Å². The summed E-state index contributed by atoms with van der Waals surface area (Å²) < 4.78 is 10.0. The van der Waals surface area contributed by atoms with Crippen LogP contribution in [0, 0.1) is 11.3 Å². The van der Waals surface area contributed by atoms with Crippen molar-refractivity contribution in [2.75, 3.05) is 19.9 Å². The molecule has 0 bridgehead atoms. The number of carbonyl (C=O) groups is 2. The zero-order valence-electron chi connectivity index (χ0n) is 13.3. The Morgan fingerprint density at radius 1 is 1.25 bits per heavy atom. The molecule has 0 spiro atoms. The molecule has 0 amide bonds. The van der Waals surface area contributed by atoms with Crippen molar-refractivity contribution in [3.8, 4) is 0 Å². The fraction of sp³-hybridized carbons (Fsp3) is 0.867. The van der Waals surface area contributed by atoms with Gasteiger partial charge in [-0.25, -0.2) is 0 Å². The normalized spacial score (nSPS) is 20.2. The fourth-order valence-corrected chi connectivity index (χ4v) is 2.23. The van der Waals surface area contributed by atoms with Crippen molar-refractivity contribution in [2.45, 2.75) is 53.5 Å². The van der Waals surface area contributed by atoms with Crippen LogP contribution in [0.5, 0.6) is 0 Å². The van der Waals surface area contributed by atoms with Crippen LogP contribution in [0.2, 0.25) is 0 Å². The molecule has 0 saturated carbocycles. The summed E-state index contributed by atoms with van der Waals surface area (Å²) in [6, 6.07) is -0.189. The van der Waals surface area contributed by atoms with E-state index in [0.29, 0.717) is 5.92 Å². The number of ether oxygens (including phenoxy) is 2. The van der Waals surface area contributed by atoms with Crippen LogP contribution in [0.1, 0.15) is 47.5 Å². The highest BCUT2D eigenvalue weighted by Gasteiger charge is 2.32. The largest absolute Gasteiger partial charge is 0.427 e. The fourth-order valence-electron chi connectivity index (χ4n) is 2.23. The summed E-state index contributed by atoms with van der Waals surface area (Å²) in [5, 5.41) is 0. The molecule has 1 aliphatic rings. The van der Waals surface area contributed by atoms with E-state index in [0.717, 1.165) is 25.9 Å². The topological polar surface area (TPSA) is 55.8 Å². The molecular weight excluding hydrogens is 258 g/mol. The zero-order valence-corrected chi connectivity index (χ0v) is 13.3. The van der Waals surface area contributed by atoms with Gasteiger partial charge in [-0.1, -0.05) is 13.8 Å². The average molecular weight is 285 g/mol. The number of nitrogens with zero attached hydrogens (tertiary/aromatic N) is 1. The van der Waals surface area contributed by atoms with Gasteiger partial charge in [-0.15, -0.1) is 0 Å². The first-order valence-electron chi connectivity index (χ1n) is 7.29. The SMILES string of the molecule is CC(C)CN1CCC[C@@H]1C(=O)OCOC(=O)C(C)(C)C. The molecule has 1 aliphatic heterocycles. The maximum Gasteiger partial charge on any atom is 0.326 e. The second-order valence-corrected chi connectivity index (χ2v) is 6.81. The number of likely N-dealkylation sites (tertiary alicyclic amines) is 1. The number of carbonyl (C=O) groups excluding carboxylic acids is 2. The van der Waals surface area contributed by atoms with Gasteiger partial charge >= 0.3 is 11.9 Å². The van der Waals surface area contributed by atoms with Crippen molar-refractivity contribution < 1.29 is 19.1 Å². The van der Waals surface area contributed by atoms with Gasteiger partial charge in [-0.05, 0) is 46.1 Å². The molecule has 20 heavy (non-hydrogen) atoms. The van der Waals surface area contributed by atoms with Gasteiger partial charge in [0.05, 0.1) is 5.41 Å². The van der Waals surface area contributed by atoms with E-state index in [1.807, 2.05) is 0 Å². The van der Waals surface area contributed by atoms with Crippen molar-refractivity contribution in [2.24, 2.45) is 11.3 Å². The lowest BCUT2D eigenvalue weighted by Crippen LogP contribution is -2.39. The Labute approximate surface area is 121 Å². The molecule has 1 rings (SSSR count).